The van der Waals surface area contributed by atoms with E-state index in [0.29, 0.717) is 21.4 Å². The van der Waals surface area contributed by atoms with Gasteiger partial charge in [0.25, 0.3) is 0 Å². The maximum atomic E-state index is 10.8. The summed E-state index contributed by atoms with van der Waals surface area (Å²) in [6, 6.07) is 8.62. The molecule has 1 aromatic carbocycles. The topological polar surface area (TPSA) is 22.0 Å². The number of nitrogens with zero attached hydrogens (tertiary/aromatic N) is 1. The second-order valence-electron chi connectivity index (χ2n) is 3.02. The van der Waals surface area contributed by atoms with Crippen molar-refractivity contribution in [3.05, 3.63) is 52.3 Å². The summed E-state index contributed by atoms with van der Waals surface area (Å²) in [6.07, 6.45) is 2.54. The average molecular weight is 240 g/mol. The molecular formula is C11H7Cl2NO. The second-order valence-corrected chi connectivity index (χ2v) is 3.86. The third kappa shape index (κ3) is 1.91. The zero-order valence-electron chi connectivity index (χ0n) is 7.65. The van der Waals surface area contributed by atoms with Crippen molar-refractivity contribution in [3.63, 3.8) is 0 Å². The van der Waals surface area contributed by atoms with E-state index in [0.717, 1.165) is 6.29 Å². The van der Waals surface area contributed by atoms with Crippen molar-refractivity contribution in [2.75, 3.05) is 0 Å². The van der Waals surface area contributed by atoms with Gasteiger partial charge in [-0.1, -0.05) is 23.2 Å². The minimum Gasteiger partial charge on any atom is -0.313 e. The molecule has 15 heavy (non-hydrogen) atoms. The first-order valence-corrected chi connectivity index (χ1v) is 5.06. The van der Waals surface area contributed by atoms with Gasteiger partial charge in [-0.15, -0.1) is 0 Å². The van der Waals surface area contributed by atoms with Gasteiger partial charge in [-0.3, -0.25) is 4.79 Å². The van der Waals surface area contributed by atoms with Crippen LogP contribution in [0.2, 0.25) is 10.0 Å². The summed E-state index contributed by atoms with van der Waals surface area (Å²) in [5.74, 6) is 0. The molecule has 2 aromatic rings. The fourth-order valence-corrected chi connectivity index (χ4v) is 1.75. The molecule has 0 N–H and O–H groups in total. The van der Waals surface area contributed by atoms with Gasteiger partial charge in [0.05, 0.1) is 16.4 Å². The Bertz CT molecular complexity index is 505. The van der Waals surface area contributed by atoms with E-state index < -0.39 is 0 Å². The molecule has 0 radical (unpaired) electrons. The number of halogens is 2. The van der Waals surface area contributed by atoms with Crippen molar-refractivity contribution in [2.45, 2.75) is 0 Å². The molecule has 0 saturated heterocycles. The summed E-state index contributed by atoms with van der Waals surface area (Å²) in [5.41, 5.74) is 1.25. The standard InChI is InChI=1S/C11H7Cl2NO/c12-8-3-4-10(13)11(6-8)14-5-1-2-9(14)7-15/h1-7H. The Balaban J connectivity index is 2.62. The molecule has 0 fully saturated rings. The molecule has 0 saturated carbocycles. The van der Waals surface area contributed by atoms with Gasteiger partial charge in [0.1, 0.15) is 0 Å². The van der Waals surface area contributed by atoms with E-state index in [9.17, 15) is 4.79 Å². The molecule has 2 rings (SSSR count). The first-order valence-electron chi connectivity index (χ1n) is 4.30. The lowest BCUT2D eigenvalue weighted by Gasteiger charge is -2.07. The molecule has 0 aliphatic heterocycles. The number of benzene rings is 1. The summed E-state index contributed by atoms with van der Waals surface area (Å²) < 4.78 is 1.70. The van der Waals surface area contributed by atoms with E-state index in [1.165, 1.54) is 0 Å². The lowest BCUT2D eigenvalue weighted by atomic mass is 10.3. The van der Waals surface area contributed by atoms with E-state index in [2.05, 4.69) is 0 Å². The SMILES string of the molecule is O=Cc1cccn1-c1cc(Cl)ccc1Cl. The van der Waals surface area contributed by atoms with E-state index >= 15 is 0 Å². The predicted octanol–water partition coefficient (Wildman–Crippen LogP) is 3.60. The molecule has 0 unspecified atom stereocenters. The van der Waals surface area contributed by atoms with Crippen molar-refractivity contribution in [3.8, 4) is 5.69 Å². The molecule has 0 amide bonds. The number of aldehydes is 1. The molecule has 0 atom stereocenters. The largest absolute Gasteiger partial charge is 0.313 e. The zero-order chi connectivity index (χ0) is 10.8. The number of aromatic nitrogens is 1. The summed E-state index contributed by atoms with van der Waals surface area (Å²) in [5, 5.41) is 1.14. The normalized spacial score (nSPS) is 10.3. The fraction of sp³-hybridized carbons (Fsp3) is 0. The summed E-state index contributed by atoms with van der Waals surface area (Å²) in [7, 11) is 0. The van der Waals surface area contributed by atoms with Crippen LogP contribution in [0.1, 0.15) is 10.5 Å². The van der Waals surface area contributed by atoms with E-state index in [1.54, 1.807) is 41.1 Å². The highest BCUT2D eigenvalue weighted by molar-refractivity contribution is 6.34. The fourth-order valence-electron chi connectivity index (χ4n) is 1.38. The van der Waals surface area contributed by atoms with Crippen LogP contribution in [0.4, 0.5) is 0 Å². The number of carbonyl (C=O) groups is 1. The first-order chi connectivity index (χ1) is 7.22. The van der Waals surface area contributed by atoms with Crippen LogP contribution in [0.3, 0.4) is 0 Å². The van der Waals surface area contributed by atoms with Crippen molar-refractivity contribution >= 4 is 29.5 Å². The molecule has 1 heterocycles. The first kappa shape index (κ1) is 10.3. The highest BCUT2D eigenvalue weighted by Crippen LogP contribution is 2.25. The van der Waals surface area contributed by atoms with E-state index in [1.807, 2.05) is 0 Å². The second kappa shape index (κ2) is 4.09. The molecule has 0 aliphatic rings. The van der Waals surface area contributed by atoms with Crippen LogP contribution < -0.4 is 0 Å². The van der Waals surface area contributed by atoms with Gasteiger partial charge in [-0.2, -0.15) is 0 Å². The van der Waals surface area contributed by atoms with Gasteiger partial charge in [0, 0.05) is 11.2 Å². The highest BCUT2D eigenvalue weighted by atomic mass is 35.5. The van der Waals surface area contributed by atoms with Gasteiger partial charge in [-0.25, -0.2) is 0 Å². The molecule has 76 valence electrons. The minimum atomic E-state index is 0.541. The molecule has 1 aromatic heterocycles. The van der Waals surface area contributed by atoms with Crippen molar-refractivity contribution < 1.29 is 4.79 Å². The molecular weight excluding hydrogens is 233 g/mol. The van der Waals surface area contributed by atoms with Gasteiger partial charge in [-0.05, 0) is 30.3 Å². The maximum Gasteiger partial charge on any atom is 0.166 e. The molecule has 4 heteroatoms. The molecule has 0 spiro atoms. The quantitative estimate of drug-likeness (QED) is 0.735. The summed E-state index contributed by atoms with van der Waals surface area (Å²) in [4.78, 5) is 10.8. The number of carbonyl (C=O) groups excluding carboxylic acids is 1. The number of hydrogen-bond acceptors (Lipinski definition) is 1. The van der Waals surface area contributed by atoms with Gasteiger partial charge in [0.15, 0.2) is 6.29 Å². The Morgan fingerprint density at radius 1 is 1.20 bits per heavy atom. The molecule has 2 nitrogen and oxygen atoms in total. The predicted molar refractivity (Wildman–Crippen MR) is 61.2 cm³/mol. The monoisotopic (exact) mass is 239 g/mol. The highest BCUT2D eigenvalue weighted by Gasteiger charge is 2.06. The summed E-state index contributed by atoms with van der Waals surface area (Å²) in [6.45, 7) is 0. The van der Waals surface area contributed by atoms with E-state index in [4.69, 9.17) is 23.2 Å². The Hall–Kier alpha value is -1.25. The van der Waals surface area contributed by atoms with Crippen LogP contribution in [0, 0.1) is 0 Å². The summed E-state index contributed by atoms with van der Waals surface area (Å²) >= 11 is 11.9. The Morgan fingerprint density at radius 3 is 2.73 bits per heavy atom. The minimum absolute atomic E-state index is 0.541. The molecule has 0 bridgehead atoms. The number of rotatable bonds is 2. The average Bonchev–Trinajstić information content (AvgIpc) is 2.69. The van der Waals surface area contributed by atoms with Gasteiger partial charge < -0.3 is 4.57 Å². The van der Waals surface area contributed by atoms with Gasteiger partial charge in [0.2, 0.25) is 0 Å². The number of hydrogen-bond donors (Lipinski definition) is 0. The van der Waals surface area contributed by atoms with Crippen LogP contribution in [0.15, 0.2) is 36.5 Å². The van der Waals surface area contributed by atoms with Crippen LogP contribution in [0.25, 0.3) is 5.69 Å². The smallest absolute Gasteiger partial charge is 0.166 e. The third-order valence-electron chi connectivity index (χ3n) is 2.07. The van der Waals surface area contributed by atoms with Gasteiger partial charge >= 0.3 is 0 Å². The van der Waals surface area contributed by atoms with Crippen LogP contribution >= 0.6 is 23.2 Å². The zero-order valence-corrected chi connectivity index (χ0v) is 9.16. The lowest BCUT2D eigenvalue weighted by molar-refractivity contribution is 0.111. The van der Waals surface area contributed by atoms with E-state index in [-0.39, 0.29) is 0 Å². The van der Waals surface area contributed by atoms with Crippen molar-refractivity contribution in [1.29, 1.82) is 0 Å². The Labute approximate surface area is 97.0 Å². The van der Waals surface area contributed by atoms with Crippen LogP contribution in [-0.2, 0) is 0 Å². The van der Waals surface area contributed by atoms with Crippen molar-refractivity contribution in [1.82, 2.24) is 4.57 Å². The Kier molecular flexibility index (Phi) is 2.80. The molecule has 0 aliphatic carbocycles. The van der Waals surface area contributed by atoms with Crippen LogP contribution in [-0.4, -0.2) is 10.9 Å². The third-order valence-corrected chi connectivity index (χ3v) is 2.62. The Morgan fingerprint density at radius 2 is 2.00 bits per heavy atom. The lowest BCUT2D eigenvalue weighted by Crippen LogP contribution is -1.98. The maximum absolute atomic E-state index is 10.8. The van der Waals surface area contributed by atoms with Crippen LogP contribution in [0.5, 0.6) is 0 Å². The van der Waals surface area contributed by atoms with Crippen molar-refractivity contribution in [2.24, 2.45) is 0 Å².